The number of rotatable bonds is 7. The molecule has 2 aromatic rings. The van der Waals surface area contributed by atoms with E-state index >= 15 is 0 Å². The summed E-state index contributed by atoms with van der Waals surface area (Å²) in [5.41, 5.74) is 2.29. The monoisotopic (exact) mass is 481 g/mol. The SMILES string of the molecule is COC(=O)C1C(=O)NC(SCC(=O)Nc2ccc(F)cc2)=C(C#N)C1c1ccc(C(C)C)cc1. The predicted molar refractivity (Wildman–Crippen MR) is 127 cm³/mol. The van der Waals surface area contributed by atoms with Crippen molar-refractivity contribution in [3.8, 4) is 6.07 Å². The van der Waals surface area contributed by atoms with Crippen molar-refractivity contribution in [2.45, 2.75) is 25.7 Å². The standard InChI is InChI=1S/C25H24FN3O4S/c1-14(2)15-4-6-16(7-5-15)21-19(12-27)24(29-23(31)22(21)25(32)33-3)34-13-20(30)28-18-10-8-17(26)9-11-18/h4-11,14,21-22H,13H2,1-3H3,(H,28,30)(H,29,31). The molecule has 0 aromatic heterocycles. The van der Waals surface area contributed by atoms with Gasteiger partial charge in [-0.05, 0) is 41.3 Å². The molecule has 2 atom stereocenters. The molecule has 0 radical (unpaired) electrons. The maximum Gasteiger partial charge on any atom is 0.319 e. The number of esters is 1. The van der Waals surface area contributed by atoms with Gasteiger partial charge in [0.2, 0.25) is 11.8 Å². The number of carbonyl (C=O) groups excluding carboxylic acids is 3. The van der Waals surface area contributed by atoms with E-state index in [-0.39, 0.29) is 22.3 Å². The van der Waals surface area contributed by atoms with Gasteiger partial charge in [-0.25, -0.2) is 4.39 Å². The molecule has 9 heteroatoms. The molecule has 1 heterocycles. The third-order valence-corrected chi connectivity index (χ3v) is 6.44. The average molecular weight is 482 g/mol. The van der Waals surface area contributed by atoms with Crippen molar-refractivity contribution in [3.05, 3.63) is 76.1 Å². The number of carbonyl (C=O) groups is 3. The van der Waals surface area contributed by atoms with Crippen LogP contribution in [0.4, 0.5) is 10.1 Å². The van der Waals surface area contributed by atoms with E-state index in [0.717, 1.165) is 17.3 Å². The molecule has 1 aliphatic rings. The minimum atomic E-state index is -1.23. The Bertz CT molecular complexity index is 1150. The second-order valence-corrected chi connectivity index (χ2v) is 8.97. The number of hydrogen-bond acceptors (Lipinski definition) is 6. The van der Waals surface area contributed by atoms with Crippen molar-refractivity contribution in [2.75, 3.05) is 18.2 Å². The molecule has 1 aliphatic heterocycles. The van der Waals surface area contributed by atoms with Crippen molar-refractivity contribution >= 4 is 35.2 Å². The molecule has 0 saturated carbocycles. The van der Waals surface area contributed by atoms with Gasteiger partial charge in [0.1, 0.15) is 11.7 Å². The molecule has 34 heavy (non-hydrogen) atoms. The first-order chi connectivity index (χ1) is 16.2. The Labute approximate surface area is 201 Å². The zero-order valence-corrected chi connectivity index (χ0v) is 19.7. The molecular weight excluding hydrogens is 457 g/mol. The van der Waals surface area contributed by atoms with Gasteiger partial charge in [0.25, 0.3) is 0 Å². The molecule has 3 rings (SSSR count). The van der Waals surface area contributed by atoms with Gasteiger partial charge < -0.3 is 15.4 Å². The number of amides is 2. The lowest BCUT2D eigenvalue weighted by molar-refractivity contribution is -0.150. The van der Waals surface area contributed by atoms with Gasteiger partial charge in [0.05, 0.1) is 29.5 Å². The van der Waals surface area contributed by atoms with Crippen LogP contribution in [0.2, 0.25) is 0 Å². The summed E-state index contributed by atoms with van der Waals surface area (Å²) >= 11 is 0.979. The molecule has 0 saturated heterocycles. The molecule has 2 unspecified atom stereocenters. The van der Waals surface area contributed by atoms with Crippen molar-refractivity contribution < 1.29 is 23.5 Å². The summed E-state index contributed by atoms with van der Waals surface area (Å²) in [6.07, 6.45) is 0. The van der Waals surface area contributed by atoms with Crippen LogP contribution in [0.25, 0.3) is 0 Å². The van der Waals surface area contributed by atoms with Crippen LogP contribution < -0.4 is 10.6 Å². The Morgan fingerprint density at radius 3 is 2.38 bits per heavy atom. The number of halogens is 1. The van der Waals surface area contributed by atoms with E-state index in [9.17, 15) is 24.0 Å². The molecular formula is C25H24FN3O4S. The summed E-state index contributed by atoms with van der Waals surface area (Å²) in [6.45, 7) is 4.10. The Morgan fingerprint density at radius 2 is 1.82 bits per heavy atom. The first-order valence-electron chi connectivity index (χ1n) is 10.6. The molecule has 2 amide bonds. The van der Waals surface area contributed by atoms with E-state index in [1.807, 2.05) is 26.0 Å². The number of nitriles is 1. The van der Waals surface area contributed by atoms with Crippen LogP contribution >= 0.6 is 11.8 Å². The lowest BCUT2D eigenvalue weighted by Crippen LogP contribution is -2.44. The first-order valence-corrected chi connectivity index (χ1v) is 11.5. The number of hydrogen-bond donors (Lipinski definition) is 2. The molecule has 0 aliphatic carbocycles. The van der Waals surface area contributed by atoms with Gasteiger partial charge in [0, 0.05) is 11.6 Å². The lowest BCUT2D eigenvalue weighted by Gasteiger charge is -2.31. The van der Waals surface area contributed by atoms with E-state index in [1.54, 1.807) is 12.1 Å². The van der Waals surface area contributed by atoms with Gasteiger partial charge in [0.15, 0.2) is 0 Å². The van der Waals surface area contributed by atoms with Crippen molar-refractivity contribution in [3.63, 3.8) is 0 Å². The number of benzene rings is 2. The minimum Gasteiger partial charge on any atom is -0.468 e. The maximum atomic E-state index is 13.1. The van der Waals surface area contributed by atoms with E-state index < -0.39 is 35.4 Å². The van der Waals surface area contributed by atoms with Crippen LogP contribution in [0.3, 0.4) is 0 Å². The highest BCUT2D eigenvalue weighted by molar-refractivity contribution is 8.03. The molecule has 0 fully saturated rings. The zero-order chi connectivity index (χ0) is 24.8. The van der Waals surface area contributed by atoms with E-state index in [4.69, 9.17) is 4.74 Å². The Morgan fingerprint density at radius 1 is 1.18 bits per heavy atom. The molecule has 7 nitrogen and oxygen atoms in total. The van der Waals surface area contributed by atoms with Crippen LogP contribution in [0.5, 0.6) is 0 Å². The highest BCUT2D eigenvalue weighted by atomic mass is 32.2. The summed E-state index contributed by atoms with van der Waals surface area (Å²) in [7, 11) is 1.19. The number of ether oxygens (including phenoxy) is 1. The van der Waals surface area contributed by atoms with E-state index in [1.165, 1.54) is 31.4 Å². The van der Waals surface area contributed by atoms with Crippen LogP contribution in [-0.2, 0) is 19.1 Å². The summed E-state index contributed by atoms with van der Waals surface area (Å²) in [5.74, 6) is -4.09. The Hall–Kier alpha value is -3.64. The largest absolute Gasteiger partial charge is 0.468 e. The van der Waals surface area contributed by atoms with Crippen LogP contribution in [0.15, 0.2) is 59.1 Å². The highest BCUT2D eigenvalue weighted by Gasteiger charge is 2.44. The zero-order valence-electron chi connectivity index (χ0n) is 18.9. The molecule has 2 aromatic carbocycles. The van der Waals surface area contributed by atoms with Crippen LogP contribution in [-0.4, -0.2) is 30.6 Å². The molecule has 0 spiro atoms. The topological polar surface area (TPSA) is 108 Å². The highest BCUT2D eigenvalue weighted by Crippen LogP contribution is 2.40. The van der Waals surface area contributed by atoms with Gasteiger partial charge in [-0.2, -0.15) is 5.26 Å². The fraction of sp³-hybridized carbons (Fsp3) is 0.280. The maximum absolute atomic E-state index is 13.1. The van der Waals surface area contributed by atoms with Crippen LogP contribution in [0, 0.1) is 23.1 Å². The number of anilines is 1. The predicted octanol–water partition coefficient (Wildman–Crippen LogP) is 4.06. The normalized spacial score (nSPS) is 17.7. The second kappa shape index (κ2) is 11.0. The Balaban J connectivity index is 1.89. The lowest BCUT2D eigenvalue weighted by atomic mass is 9.78. The summed E-state index contributed by atoms with van der Waals surface area (Å²) in [4.78, 5) is 37.7. The smallest absolute Gasteiger partial charge is 0.319 e. The van der Waals surface area contributed by atoms with E-state index in [2.05, 4.69) is 16.7 Å². The molecule has 0 bridgehead atoms. The van der Waals surface area contributed by atoms with E-state index in [0.29, 0.717) is 11.3 Å². The summed E-state index contributed by atoms with van der Waals surface area (Å²) in [5, 5.41) is 15.4. The minimum absolute atomic E-state index is 0.111. The summed E-state index contributed by atoms with van der Waals surface area (Å²) in [6, 6.07) is 14.8. The van der Waals surface area contributed by atoms with Crippen LogP contribution in [0.1, 0.15) is 36.8 Å². The number of nitrogens with one attached hydrogen (secondary N) is 2. The first kappa shape index (κ1) is 25.0. The molecule has 2 N–H and O–H groups in total. The fourth-order valence-electron chi connectivity index (χ4n) is 3.64. The third kappa shape index (κ3) is 5.64. The fourth-order valence-corrected chi connectivity index (χ4v) is 4.48. The van der Waals surface area contributed by atoms with Crippen molar-refractivity contribution in [1.82, 2.24) is 5.32 Å². The number of thioether (sulfide) groups is 1. The quantitative estimate of drug-likeness (QED) is 0.456. The van der Waals surface area contributed by atoms with Gasteiger partial charge in [-0.15, -0.1) is 0 Å². The average Bonchev–Trinajstić information content (AvgIpc) is 2.83. The van der Waals surface area contributed by atoms with Gasteiger partial charge >= 0.3 is 5.97 Å². The number of allylic oxidation sites excluding steroid dienone is 1. The third-order valence-electron chi connectivity index (χ3n) is 5.42. The van der Waals surface area contributed by atoms with Gasteiger partial charge in [-0.1, -0.05) is 49.9 Å². The molecule has 176 valence electrons. The van der Waals surface area contributed by atoms with Gasteiger partial charge in [-0.3, -0.25) is 14.4 Å². The Kier molecular flexibility index (Phi) is 8.08. The number of nitrogens with zero attached hydrogens (tertiary/aromatic N) is 1. The van der Waals surface area contributed by atoms with Crippen molar-refractivity contribution in [2.24, 2.45) is 5.92 Å². The number of methoxy groups -OCH3 is 1. The summed E-state index contributed by atoms with van der Waals surface area (Å²) < 4.78 is 17.9. The van der Waals surface area contributed by atoms with Crippen molar-refractivity contribution in [1.29, 1.82) is 5.26 Å². The second-order valence-electron chi connectivity index (χ2n) is 7.99.